The third kappa shape index (κ3) is 1.86. The Bertz CT molecular complexity index is 674. The van der Waals surface area contributed by atoms with E-state index in [9.17, 15) is 5.11 Å². The normalized spacial score (nSPS) is 57.8. The van der Waals surface area contributed by atoms with E-state index in [2.05, 4.69) is 0 Å². The van der Waals surface area contributed by atoms with Gasteiger partial charge in [-0.1, -0.05) is 0 Å². The number of ether oxygens (including phenoxy) is 6. The van der Waals surface area contributed by atoms with Gasteiger partial charge in [-0.2, -0.15) is 0 Å². The molecule has 6 aliphatic heterocycles. The van der Waals surface area contributed by atoms with E-state index < -0.39 is 33.6 Å². The molecule has 0 radical (unpaired) electrons. The Morgan fingerprint density at radius 1 is 0.548 bits per heavy atom. The first-order valence-electron chi connectivity index (χ1n) is 12.7. The molecule has 6 saturated heterocycles. The summed E-state index contributed by atoms with van der Waals surface area (Å²) < 4.78 is 41.4. The number of aliphatic hydroxyl groups is 1. The van der Waals surface area contributed by atoms with Crippen molar-refractivity contribution >= 4 is 0 Å². The highest BCUT2D eigenvalue weighted by atomic mass is 16.7. The number of epoxide rings is 1. The van der Waals surface area contributed by atoms with Crippen LogP contribution < -0.4 is 0 Å². The van der Waals surface area contributed by atoms with Gasteiger partial charge in [0.2, 0.25) is 0 Å². The number of hydrogen-bond acceptors (Lipinski definition) is 7. The summed E-state index contributed by atoms with van der Waals surface area (Å²) in [4.78, 5) is 0. The van der Waals surface area contributed by atoms with Gasteiger partial charge in [0, 0.05) is 39.6 Å². The van der Waals surface area contributed by atoms with Gasteiger partial charge in [-0.3, -0.25) is 0 Å². The van der Waals surface area contributed by atoms with Crippen LogP contribution in [-0.2, 0) is 28.4 Å². The van der Waals surface area contributed by atoms with Crippen molar-refractivity contribution in [3.05, 3.63) is 0 Å². The molecular formula is C24H36O7. The van der Waals surface area contributed by atoms with Crippen molar-refractivity contribution in [1.82, 2.24) is 0 Å². The molecule has 174 valence electrons. The fourth-order valence-corrected chi connectivity index (χ4v) is 9.52. The van der Waals surface area contributed by atoms with Gasteiger partial charge in [-0.05, 0) is 70.6 Å². The van der Waals surface area contributed by atoms with Crippen molar-refractivity contribution in [1.29, 1.82) is 0 Å². The molecule has 7 fully saturated rings. The maximum atomic E-state index is 9.92. The van der Waals surface area contributed by atoms with Crippen LogP contribution >= 0.6 is 0 Å². The number of aliphatic hydroxyl groups excluding tert-OH is 1. The molecule has 7 rings (SSSR count). The van der Waals surface area contributed by atoms with E-state index in [1.807, 2.05) is 0 Å². The SMILES string of the molecule is OCC[C@H]1OC12[C@@]1(CCCO1)[C@@]1(CCCO1)C1(CCCO1)[C@]1(CCCO1)[C@@]21CCCO1. The molecule has 7 nitrogen and oxygen atoms in total. The van der Waals surface area contributed by atoms with Gasteiger partial charge >= 0.3 is 0 Å². The molecular weight excluding hydrogens is 400 g/mol. The van der Waals surface area contributed by atoms with Gasteiger partial charge in [0.1, 0.15) is 28.0 Å². The lowest BCUT2D eigenvalue weighted by atomic mass is 9.42. The molecule has 1 N–H and O–H groups in total. The molecule has 0 aromatic carbocycles. The summed E-state index contributed by atoms with van der Waals surface area (Å²) in [6.07, 6.45) is 10.00. The fourth-order valence-electron chi connectivity index (χ4n) is 9.52. The summed E-state index contributed by atoms with van der Waals surface area (Å²) >= 11 is 0. The van der Waals surface area contributed by atoms with Crippen molar-refractivity contribution in [2.75, 3.05) is 39.6 Å². The molecule has 7 aliphatic rings. The van der Waals surface area contributed by atoms with Crippen LogP contribution in [0.3, 0.4) is 0 Å². The van der Waals surface area contributed by atoms with E-state index in [0.717, 1.165) is 84.0 Å². The largest absolute Gasteiger partial charge is 0.396 e. The molecule has 0 amide bonds. The van der Waals surface area contributed by atoms with E-state index in [1.165, 1.54) is 0 Å². The van der Waals surface area contributed by atoms with Crippen LogP contribution in [0.2, 0.25) is 0 Å². The Morgan fingerprint density at radius 3 is 1.23 bits per heavy atom. The van der Waals surface area contributed by atoms with Gasteiger partial charge in [0.15, 0.2) is 5.60 Å². The summed E-state index contributed by atoms with van der Waals surface area (Å²) in [5.41, 5.74) is -3.67. The lowest BCUT2D eigenvalue weighted by Crippen LogP contribution is -2.92. The highest BCUT2D eigenvalue weighted by Gasteiger charge is 2.98. The average Bonchev–Trinajstić information content (AvgIpc) is 3.50. The lowest BCUT2D eigenvalue weighted by Gasteiger charge is -2.71. The molecule has 2 unspecified atom stereocenters. The molecule has 0 aromatic heterocycles. The van der Waals surface area contributed by atoms with Crippen molar-refractivity contribution < 1.29 is 33.5 Å². The highest BCUT2D eigenvalue weighted by molar-refractivity contribution is 5.47. The van der Waals surface area contributed by atoms with Gasteiger partial charge in [0.25, 0.3) is 0 Å². The Labute approximate surface area is 184 Å². The zero-order valence-corrected chi connectivity index (χ0v) is 18.5. The van der Waals surface area contributed by atoms with Crippen LogP contribution in [0.25, 0.3) is 0 Å². The van der Waals surface area contributed by atoms with Gasteiger partial charge in [-0.25, -0.2) is 0 Å². The average molecular weight is 437 g/mol. The quantitative estimate of drug-likeness (QED) is 0.665. The first kappa shape index (κ1) is 20.1. The van der Waals surface area contributed by atoms with Crippen molar-refractivity contribution in [2.45, 2.75) is 110 Å². The maximum Gasteiger partial charge on any atom is 0.158 e. The monoisotopic (exact) mass is 436 g/mol. The first-order chi connectivity index (χ1) is 15.2. The lowest BCUT2D eigenvalue weighted by molar-refractivity contribution is -0.403. The summed E-state index contributed by atoms with van der Waals surface area (Å²) in [5.74, 6) is 0. The highest BCUT2D eigenvalue weighted by Crippen LogP contribution is 2.79. The summed E-state index contributed by atoms with van der Waals surface area (Å²) in [6, 6.07) is 0. The number of rotatable bonds is 2. The summed E-state index contributed by atoms with van der Waals surface area (Å²) in [7, 11) is 0. The van der Waals surface area contributed by atoms with Crippen LogP contribution in [0, 0.1) is 0 Å². The topological polar surface area (TPSA) is 78.9 Å². The molecule has 0 bridgehead atoms. The van der Waals surface area contributed by atoms with E-state index in [-0.39, 0.29) is 12.7 Å². The van der Waals surface area contributed by atoms with Crippen LogP contribution in [-0.4, -0.2) is 84.5 Å². The standard InChI is InChI=1S/C24H36O7/c25-12-6-18-24(31-18)22(10-4-16-29-22)20(8-2-14-27-20)19(7-1-13-26-19)21(9-3-15-28-21)23(24)11-5-17-30-23/h18,25H,1-17H2/t18-,19?,20-,21-,22-,23+,24?/m1/s1. The molecule has 7 heteroatoms. The van der Waals surface area contributed by atoms with Gasteiger partial charge in [0.05, 0.1) is 6.10 Å². The molecule has 6 spiro atoms. The predicted molar refractivity (Wildman–Crippen MR) is 109 cm³/mol. The number of fused-ring (bicyclic) bond motifs is 6. The summed E-state index contributed by atoms with van der Waals surface area (Å²) in [6.45, 7) is 3.70. The van der Waals surface area contributed by atoms with Gasteiger partial charge in [-0.15, -0.1) is 0 Å². The van der Waals surface area contributed by atoms with Crippen LogP contribution in [0.5, 0.6) is 0 Å². The second-order valence-corrected chi connectivity index (χ2v) is 10.7. The molecule has 6 heterocycles. The van der Waals surface area contributed by atoms with E-state index in [0.29, 0.717) is 19.6 Å². The zero-order chi connectivity index (χ0) is 20.8. The zero-order valence-electron chi connectivity index (χ0n) is 18.5. The van der Waals surface area contributed by atoms with Crippen molar-refractivity contribution in [3.8, 4) is 0 Å². The fraction of sp³-hybridized carbons (Fsp3) is 1.00. The van der Waals surface area contributed by atoms with Crippen LogP contribution in [0.4, 0.5) is 0 Å². The Kier molecular flexibility index (Phi) is 4.18. The number of hydrogen-bond donors (Lipinski definition) is 1. The Morgan fingerprint density at radius 2 is 0.903 bits per heavy atom. The molecule has 31 heavy (non-hydrogen) atoms. The minimum atomic E-state index is -0.651. The van der Waals surface area contributed by atoms with Gasteiger partial charge < -0.3 is 33.5 Å². The second-order valence-electron chi connectivity index (χ2n) is 10.7. The second kappa shape index (κ2) is 6.44. The third-order valence-electron chi connectivity index (χ3n) is 10.0. The van der Waals surface area contributed by atoms with Crippen LogP contribution in [0.1, 0.15) is 70.6 Å². The molecule has 1 saturated carbocycles. The van der Waals surface area contributed by atoms with Crippen molar-refractivity contribution in [3.63, 3.8) is 0 Å². The third-order valence-corrected chi connectivity index (χ3v) is 10.0. The Balaban J connectivity index is 1.55. The van der Waals surface area contributed by atoms with E-state index >= 15 is 0 Å². The smallest absolute Gasteiger partial charge is 0.158 e. The Hall–Kier alpha value is -0.280. The van der Waals surface area contributed by atoms with E-state index in [4.69, 9.17) is 28.4 Å². The van der Waals surface area contributed by atoms with Crippen LogP contribution in [0.15, 0.2) is 0 Å². The maximum absolute atomic E-state index is 9.92. The summed E-state index contributed by atoms with van der Waals surface area (Å²) in [5, 5.41) is 9.92. The predicted octanol–water partition coefficient (Wildman–Crippen LogP) is 2.27. The minimum Gasteiger partial charge on any atom is -0.396 e. The first-order valence-corrected chi connectivity index (χ1v) is 12.7. The molecule has 0 aromatic rings. The van der Waals surface area contributed by atoms with E-state index in [1.54, 1.807) is 0 Å². The minimum absolute atomic E-state index is 0.0991. The van der Waals surface area contributed by atoms with Crippen molar-refractivity contribution in [2.24, 2.45) is 0 Å². The molecule has 1 aliphatic carbocycles. The molecule has 7 atom stereocenters.